The average molecular weight is 371 g/mol. The summed E-state index contributed by atoms with van der Waals surface area (Å²) in [6.07, 6.45) is 0. The Labute approximate surface area is 130 Å². The highest BCUT2D eigenvalue weighted by Crippen LogP contribution is 2.27. The van der Waals surface area contributed by atoms with Crippen molar-refractivity contribution in [2.45, 2.75) is 38.9 Å². The Morgan fingerprint density at radius 3 is 2.20 bits per heavy atom. The van der Waals surface area contributed by atoms with Crippen LogP contribution in [0.1, 0.15) is 27.7 Å². The fraction of sp³-hybridized carbons (Fsp3) is 0.500. The predicted molar refractivity (Wildman–Crippen MR) is 78.1 cm³/mol. The van der Waals surface area contributed by atoms with Crippen molar-refractivity contribution in [1.82, 2.24) is 0 Å². The van der Waals surface area contributed by atoms with Gasteiger partial charge in [-0.1, -0.05) is 11.6 Å². The summed E-state index contributed by atoms with van der Waals surface area (Å²) < 4.78 is 32.9. The third-order valence-electron chi connectivity index (χ3n) is 3.27. The Balaban J connectivity index is 3.20. The molecule has 0 spiro atoms. The molecule has 0 aliphatic carbocycles. The molecular weight excluding hydrogens is 356 g/mol. The maximum atomic E-state index is 13.9. The third kappa shape index (κ3) is 3.51. The van der Waals surface area contributed by atoms with E-state index < -0.39 is 35.4 Å². The Bertz CT molecular complexity index is 494. The zero-order valence-electron chi connectivity index (χ0n) is 11.5. The van der Waals surface area contributed by atoms with Crippen LogP contribution < -0.4 is 5.46 Å². The van der Waals surface area contributed by atoms with Crippen molar-refractivity contribution in [2.75, 3.05) is 0 Å². The van der Waals surface area contributed by atoms with Crippen LogP contribution in [0, 0.1) is 11.6 Å². The quantitative estimate of drug-likeness (QED) is 0.632. The normalized spacial score (nSPS) is 12.7. The second-order valence-corrected chi connectivity index (χ2v) is 6.68. The van der Waals surface area contributed by atoms with Gasteiger partial charge in [0.1, 0.15) is 11.6 Å². The zero-order valence-corrected chi connectivity index (χ0v) is 13.8. The van der Waals surface area contributed by atoms with E-state index in [9.17, 15) is 18.9 Å². The van der Waals surface area contributed by atoms with Crippen molar-refractivity contribution in [3.8, 4) is 0 Å². The molecule has 20 heavy (non-hydrogen) atoms. The molecular formula is C12H15BBrClF2O3. The standard InChI is InChI=1S/C12H15BBrClF2O3/c1-11(2,18)12(3,4)20-13(19)8-9(16)6(14)5-7(15)10(8)17/h5,18-19H,1-4H3. The van der Waals surface area contributed by atoms with Gasteiger partial charge in [-0.3, -0.25) is 0 Å². The van der Waals surface area contributed by atoms with Gasteiger partial charge in [0.15, 0.2) is 0 Å². The third-order valence-corrected chi connectivity index (χ3v) is 4.12. The van der Waals surface area contributed by atoms with E-state index in [2.05, 4.69) is 15.9 Å². The molecule has 0 heterocycles. The van der Waals surface area contributed by atoms with Gasteiger partial charge in [-0.25, -0.2) is 8.78 Å². The van der Waals surface area contributed by atoms with Gasteiger partial charge >= 0.3 is 7.12 Å². The minimum Gasteiger partial charge on any atom is -0.423 e. The number of aliphatic hydroxyl groups is 1. The summed E-state index contributed by atoms with van der Waals surface area (Å²) in [6, 6.07) is 1.05. The lowest BCUT2D eigenvalue weighted by atomic mass is 9.76. The molecule has 112 valence electrons. The lowest BCUT2D eigenvalue weighted by molar-refractivity contribution is -0.0984. The highest BCUT2D eigenvalue weighted by atomic mass is 79.9. The van der Waals surface area contributed by atoms with E-state index in [0.717, 1.165) is 6.07 Å². The average Bonchev–Trinajstić information content (AvgIpc) is 2.24. The van der Waals surface area contributed by atoms with Crippen LogP contribution in [-0.4, -0.2) is 28.5 Å². The Hall–Kier alpha value is -0.205. The monoisotopic (exact) mass is 370 g/mol. The van der Waals surface area contributed by atoms with E-state index >= 15 is 0 Å². The molecule has 0 unspecified atom stereocenters. The number of hydrogen-bond donors (Lipinski definition) is 2. The minimum atomic E-state index is -1.91. The van der Waals surface area contributed by atoms with Crippen LogP contribution in [0.4, 0.5) is 8.78 Å². The molecule has 0 bridgehead atoms. The van der Waals surface area contributed by atoms with Crippen molar-refractivity contribution >= 4 is 40.1 Å². The Kier molecular flexibility index (Phi) is 5.25. The highest BCUT2D eigenvalue weighted by molar-refractivity contribution is 9.10. The maximum Gasteiger partial charge on any atom is 0.497 e. The summed E-state index contributed by atoms with van der Waals surface area (Å²) in [6.45, 7) is 5.90. The molecule has 1 aromatic carbocycles. The van der Waals surface area contributed by atoms with Gasteiger partial charge in [0, 0.05) is 0 Å². The van der Waals surface area contributed by atoms with Crippen LogP contribution in [-0.2, 0) is 4.65 Å². The van der Waals surface area contributed by atoms with E-state index in [4.69, 9.17) is 16.3 Å². The molecule has 8 heteroatoms. The predicted octanol–water partition coefficient (Wildman–Crippen LogP) is 2.63. The summed E-state index contributed by atoms with van der Waals surface area (Å²) in [4.78, 5) is 0. The molecule has 1 rings (SSSR count). The van der Waals surface area contributed by atoms with E-state index in [1.807, 2.05) is 0 Å². The van der Waals surface area contributed by atoms with E-state index in [0.29, 0.717) is 0 Å². The summed E-state index contributed by atoms with van der Waals surface area (Å²) >= 11 is 8.48. The second-order valence-electron chi connectivity index (χ2n) is 5.42. The first-order valence-electron chi connectivity index (χ1n) is 5.79. The molecule has 0 aliphatic rings. The summed E-state index contributed by atoms with van der Waals surface area (Å²) in [7, 11) is -1.91. The van der Waals surface area contributed by atoms with Gasteiger partial charge in [-0.2, -0.15) is 0 Å². The van der Waals surface area contributed by atoms with Gasteiger partial charge < -0.3 is 14.8 Å². The van der Waals surface area contributed by atoms with Gasteiger partial charge in [-0.15, -0.1) is 0 Å². The number of benzene rings is 1. The zero-order chi connectivity index (χ0) is 15.9. The number of halogens is 4. The van der Waals surface area contributed by atoms with Crippen molar-refractivity contribution in [3.05, 3.63) is 27.2 Å². The lowest BCUT2D eigenvalue weighted by Gasteiger charge is -2.38. The van der Waals surface area contributed by atoms with Crippen molar-refractivity contribution in [2.24, 2.45) is 0 Å². The van der Waals surface area contributed by atoms with Crippen LogP contribution in [0.15, 0.2) is 10.5 Å². The van der Waals surface area contributed by atoms with Crippen LogP contribution in [0.25, 0.3) is 0 Å². The van der Waals surface area contributed by atoms with Crippen molar-refractivity contribution in [1.29, 1.82) is 0 Å². The molecule has 0 radical (unpaired) electrons. The van der Waals surface area contributed by atoms with E-state index in [1.165, 1.54) is 27.7 Å². The lowest BCUT2D eigenvalue weighted by Crippen LogP contribution is -2.54. The molecule has 0 amide bonds. The molecule has 0 aliphatic heterocycles. The van der Waals surface area contributed by atoms with Crippen molar-refractivity contribution < 1.29 is 23.6 Å². The summed E-state index contributed by atoms with van der Waals surface area (Å²) in [5, 5.41) is 19.5. The summed E-state index contributed by atoms with van der Waals surface area (Å²) in [5.74, 6) is -2.11. The Morgan fingerprint density at radius 1 is 1.25 bits per heavy atom. The van der Waals surface area contributed by atoms with Crippen LogP contribution in [0.2, 0.25) is 5.02 Å². The molecule has 0 fully saturated rings. The second kappa shape index (κ2) is 5.89. The number of hydrogen-bond acceptors (Lipinski definition) is 3. The fourth-order valence-corrected chi connectivity index (χ4v) is 2.08. The molecule has 1 aromatic rings. The molecule has 2 N–H and O–H groups in total. The fourth-order valence-electron chi connectivity index (χ4n) is 1.29. The minimum absolute atomic E-state index is 0.0948. The topological polar surface area (TPSA) is 49.7 Å². The maximum absolute atomic E-state index is 13.9. The smallest absolute Gasteiger partial charge is 0.423 e. The number of rotatable bonds is 4. The van der Waals surface area contributed by atoms with Gasteiger partial charge in [0.25, 0.3) is 0 Å². The molecule has 0 atom stereocenters. The highest BCUT2D eigenvalue weighted by Gasteiger charge is 2.41. The molecule has 0 aromatic heterocycles. The first-order valence-corrected chi connectivity index (χ1v) is 6.96. The first kappa shape index (κ1) is 17.8. The van der Waals surface area contributed by atoms with Crippen LogP contribution in [0.5, 0.6) is 0 Å². The molecule has 3 nitrogen and oxygen atoms in total. The van der Waals surface area contributed by atoms with Gasteiger partial charge in [0.2, 0.25) is 0 Å². The molecule has 0 saturated heterocycles. The summed E-state index contributed by atoms with van der Waals surface area (Å²) in [5.41, 5.74) is -3.29. The van der Waals surface area contributed by atoms with E-state index in [1.54, 1.807) is 0 Å². The van der Waals surface area contributed by atoms with Gasteiger partial charge in [-0.05, 0) is 49.7 Å². The SMILES string of the molecule is CC(C)(O)C(C)(C)OB(O)c1c(F)c(Cl)cc(Br)c1F. The van der Waals surface area contributed by atoms with Crippen molar-refractivity contribution in [3.63, 3.8) is 0 Å². The van der Waals surface area contributed by atoms with Crippen LogP contribution in [0.3, 0.4) is 0 Å². The van der Waals surface area contributed by atoms with Crippen LogP contribution >= 0.6 is 27.5 Å². The Morgan fingerprint density at radius 2 is 1.75 bits per heavy atom. The first-order chi connectivity index (χ1) is 8.88. The largest absolute Gasteiger partial charge is 0.497 e. The van der Waals surface area contributed by atoms with E-state index in [-0.39, 0.29) is 9.50 Å². The molecule has 0 saturated carbocycles. The van der Waals surface area contributed by atoms with Gasteiger partial charge in [0.05, 0.1) is 26.2 Å².